The van der Waals surface area contributed by atoms with E-state index in [1.807, 2.05) is 27.7 Å². The lowest BCUT2D eigenvalue weighted by Crippen LogP contribution is -2.38. The fourth-order valence-corrected chi connectivity index (χ4v) is 2.26. The zero-order chi connectivity index (χ0) is 18.4. The van der Waals surface area contributed by atoms with Crippen molar-refractivity contribution in [2.45, 2.75) is 39.7 Å². The van der Waals surface area contributed by atoms with Gasteiger partial charge < -0.3 is 15.0 Å². The number of carbonyl (C=O) groups excluding carboxylic acids is 2. The summed E-state index contributed by atoms with van der Waals surface area (Å²) in [5, 5.41) is 6.92. The Morgan fingerprint density at radius 1 is 1.36 bits per heavy atom. The van der Waals surface area contributed by atoms with Crippen LogP contribution in [0.2, 0.25) is 0 Å². The van der Waals surface area contributed by atoms with Gasteiger partial charge in [-0.1, -0.05) is 0 Å². The molecule has 8 heteroatoms. The van der Waals surface area contributed by atoms with Crippen LogP contribution < -0.4 is 5.32 Å². The number of nitrogens with zero attached hydrogens (tertiary/aromatic N) is 4. The van der Waals surface area contributed by atoms with Gasteiger partial charge in [-0.3, -0.25) is 4.79 Å². The van der Waals surface area contributed by atoms with Crippen LogP contribution in [-0.4, -0.2) is 56.7 Å². The SMILES string of the molecule is CCN(CCCNC(=O)c1cnn2cccnc12)C(=O)OC(C)(C)C. The van der Waals surface area contributed by atoms with Crippen LogP contribution in [0.5, 0.6) is 0 Å². The Labute approximate surface area is 147 Å². The molecule has 25 heavy (non-hydrogen) atoms. The van der Waals surface area contributed by atoms with Crippen LogP contribution in [0.3, 0.4) is 0 Å². The number of ether oxygens (including phenoxy) is 1. The molecule has 2 amide bonds. The Bertz CT molecular complexity index is 735. The highest BCUT2D eigenvalue weighted by Gasteiger charge is 2.20. The summed E-state index contributed by atoms with van der Waals surface area (Å²) < 4.78 is 6.91. The monoisotopic (exact) mass is 347 g/mol. The van der Waals surface area contributed by atoms with Gasteiger partial charge in [0.1, 0.15) is 11.2 Å². The van der Waals surface area contributed by atoms with Crippen LogP contribution in [-0.2, 0) is 4.74 Å². The standard InChI is InChI=1S/C17H25N5O3/c1-5-21(16(24)25-17(2,3)4)10-6-9-19-15(23)13-12-20-22-11-7-8-18-14(13)22/h7-8,11-12H,5-6,9-10H2,1-4H3,(H,19,23). The predicted octanol–water partition coefficient (Wildman–Crippen LogP) is 2.11. The first-order chi connectivity index (χ1) is 11.8. The summed E-state index contributed by atoms with van der Waals surface area (Å²) in [7, 11) is 0. The molecule has 0 radical (unpaired) electrons. The minimum absolute atomic E-state index is 0.228. The van der Waals surface area contributed by atoms with Gasteiger partial charge in [0.25, 0.3) is 5.91 Å². The van der Waals surface area contributed by atoms with Crippen molar-refractivity contribution in [3.05, 3.63) is 30.2 Å². The molecule has 1 N–H and O–H groups in total. The van der Waals surface area contributed by atoms with Crippen LogP contribution in [0, 0.1) is 0 Å². The normalized spacial score (nSPS) is 11.4. The van der Waals surface area contributed by atoms with E-state index in [1.165, 1.54) is 6.20 Å². The average molecular weight is 347 g/mol. The molecule has 2 aromatic rings. The number of fused-ring (bicyclic) bond motifs is 1. The molecule has 0 atom stereocenters. The maximum atomic E-state index is 12.2. The second-order valence-corrected chi connectivity index (χ2v) is 6.62. The highest BCUT2D eigenvalue weighted by molar-refractivity contribution is 5.99. The van der Waals surface area contributed by atoms with E-state index in [-0.39, 0.29) is 12.0 Å². The number of carbonyl (C=O) groups is 2. The number of rotatable bonds is 6. The Morgan fingerprint density at radius 2 is 2.12 bits per heavy atom. The molecular formula is C17H25N5O3. The topological polar surface area (TPSA) is 88.8 Å². The number of aromatic nitrogens is 3. The van der Waals surface area contributed by atoms with Gasteiger partial charge in [-0.05, 0) is 40.2 Å². The Kier molecular flexibility index (Phi) is 5.95. The summed E-state index contributed by atoms with van der Waals surface area (Å²) in [6.45, 7) is 8.92. The second-order valence-electron chi connectivity index (χ2n) is 6.62. The Balaban J connectivity index is 1.82. The third kappa shape index (κ3) is 5.17. The van der Waals surface area contributed by atoms with Crippen LogP contribution >= 0.6 is 0 Å². The van der Waals surface area contributed by atoms with E-state index in [4.69, 9.17) is 4.74 Å². The molecule has 0 fully saturated rings. The highest BCUT2D eigenvalue weighted by atomic mass is 16.6. The lowest BCUT2D eigenvalue weighted by molar-refractivity contribution is 0.0259. The first-order valence-corrected chi connectivity index (χ1v) is 8.36. The minimum Gasteiger partial charge on any atom is -0.444 e. The molecule has 0 saturated heterocycles. The smallest absolute Gasteiger partial charge is 0.410 e. The highest BCUT2D eigenvalue weighted by Crippen LogP contribution is 2.10. The first kappa shape index (κ1) is 18.7. The molecule has 2 aromatic heterocycles. The third-order valence-corrected chi connectivity index (χ3v) is 3.45. The molecule has 2 rings (SSSR count). The molecule has 0 aliphatic rings. The molecule has 136 valence electrons. The fourth-order valence-electron chi connectivity index (χ4n) is 2.26. The second kappa shape index (κ2) is 7.96. The van der Waals surface area contributed by atoms with Crippen LogP contribution in [0.15, 0.2) is 24.7 Å². The zero-order valence-electron chi connectivity index (χ0n) is 15.2. The third-order valence-electron chi connectivity index (χ3n) is 3.45. The number of nitrogens with one attached hydrogen (secondary N) is 1. The van der Waals surface area contributed by atoms with E-state index < -0.39 is 5.60 Å². The molecule has 0 unspecified atom stereocenters. The Hall–Kier alpha value is -2.64. The van der Waals surface area contributed by atoms with E-state index in [9.17, 15) is 9.59 Å². The summed E-state index contributed by atoms with van der Waals surface area (Å²) in [4.78, 5) is 30.1. The number of hydrogen-bond donors (Lipinski definition) is 1. The van der Waals surface area contributed by atoms with Crippen LogP contribution in [0.4, 0.5) is 4.79 Å². The molecule has 2 heterocycles. The first-order valence-electron chi connectivity index (χ1n) is 8.36. The number of hydrogen-bond acceptors (Lipinski definition) is 5. The van der Waals surface area contributed by atoms with E-state index in [1.54, 1.807) is 27.9 Å². The maximum absolute atomic E-state index is 12.2. The van der Waals surface area contributed by atoms with E-state index >= 15 is 0 Å². The summed E-state index contributed by atoms with van der Waals surface area (Å²) in [6.07, 6.45) is 5.14. The van der Waals surface area contributed by atoms with Gasteiger partial charge in [-0.25, -0.2) is 14.3 Å². The largest absolute Gasteiger partial charge is 0.444 e. The molecule has 0 aliphatic heterocycles. The molecule has 0 spiro atoms. The minimum atomic E-state index is -0.519. The van der Waals surface area contributed by atoms with Crippen molar-refractivity contribution in [1.29, 1.82) is 0 Å². The van der Waals surface area contributed by atoms with Gasteiger partial charge >= 0.3 is 6.09 Å². The van der Waals surface area contributed by atoms with E-state index in [0.29, 0.717) is 37.3 Å². The van der Waals surface area contributed by atoms with E-state index in [0.717, 1.165) is 0 Å². The molecule has 0 aliphatic carbocycles. The van der Waals surface area contributed by atoms with Crippen molar-refractivity contribution in [3.8, 4) is 0 Å². The van der Waals surface area contributed by atoms with Gasteiger partial charge in [0.15, 0.2) is 5.65 Å². The van der Waals surface area contributed by atoms with Gasteiger partial charge in [0.05, 0.1) is 6.20 Å². The van der Waals surface area contributed by atoms with E-state index in [2.05, 4.69) is 15.4 Å². The van der Waals surface area contributed by atoms with Crippen LogP contribution in [0.25, 0.3) is 5.65 Å². The Morgan fingerprint density at radius 3 is 2.80 bits per heavy atom. The lowest BCUT2D eigenvalue weighted by atomic mass is 10.2. The fraction of sp³-hybridized carbons (Fsp3) is 0.529. The van der Waals surface area contributed by atoms with Crippen molar-refractivity contribution in [2.24, 2.45) is 0 Å². The van der Waals surface area contributed by atoms with Gasteiger partial charge in [0, 0.05) is 32.0 Å². The molecule has 0 bridgehead atoms. The summed E-state index contributed by atoms with van der Waals surface area (Å²) in [6, 6.07) is 1.75. The average Bonchev–Trinajstić information content (AvgIpc) is 2.97. The summed E-state index contributed by atoms with van der Waals surface area (Å²) >= 11 is 0. The van der Waals surface area contributed by atoms with Gasteiger partial charge in [-0.15, -0.1) is 0 Å². The summed E-state index contributed by atoms with van der Waals surface area (Å²) in [5.41, 5.74) is 0.430. The molecule has 0 aromatic carbocycles. The van der Waals surface area contributed by atoms with Crippen molar-refractivity contribution >= 4 is 17.6 Å². The van der Waals surface area contributed by atoms with Crippen molar-refractivity contribution in [1.82, 2.24) is 24.8 Å². The summed E-state index contributed by atoms with van der Waals surface area (Å²) in [5.74, 6) is -0.228. The van der Waals surface area contributed by atoms with Crippen molar-refractivity contribution in [3.63, 3.8) is 0 Å². The van der Waals surface area contributed by atoms with Crippen LogP contribution in [0.1, 0.15) is 44.5 Å². The van der Waals surface area contributed by atoms with Gasteiger partial charge in [0.2, 0.25) is 0 Å². The van der Waals surface area contributed by atoms with Crippen molar-refractivity contribution < 1.29 is 14.3 Å². The number of amides is 2. The zero-order valence-corrected chi connectivity index (χ0v) is 15.2. The maximum Gasteiger partial charge on any atom is 0.410 e. The molecule has 8 nitrogen and oxygen atoms in total. The quantitative estimate of drug-likeness (QED) is 0.809. The predicted molar refractivity (Wildman–Crippen MR) is 93.4 cm³/mol. The lowest BCUT2D eigenvalue weighted by Gasteiger charge is -2.26. The molecule has 0 saturated carbocycles. The van der Waals surface area contributed by atoms with Crippen molar-refractivity contribution in [2.75, 3.05) is 19.6 Å². The van der Waals surface area contributed by atoms with Gasteiger partial charge in [-0.2, -0.15) is 5.10 Å². The molecular weight excluding hydrogens is 322 g/mol.